The van der Waals surface area contributed by atoms with Crippen LogP contribution in [-0.2, 0) is 13.1 Å². The van der Waals surface area contributed by atoms with Crippen LogP contribution in [0.25, 0.3) is 0 Å². The third kappa shape index (κ3) is 4.01. The molecule has 108 valence electrons. The molecule has 0 saturated heterocycles. The Bertz CT molecular complexity index is 370. The van der Waals surface area contributed by atoms with Crippen LogP contribution in [0.4, 0.5) is 0 Å². The first-order valence-corrected chi connectivity index (χ1v) is 7.46. The predicted molar refractivity (Wildman–Crippen MR) is 76.9 cm³/mol. The second-order valence-electron chi connectivity index (χ2n) is 5.65. The zero-order chi connectivity index (χ0) is 13.7. The summed E-state index contributed by atoms with van der Waals surface area (Å²) in [6, 6.07) is 0.813. The summed E-state index contributed by atoms with van der Waals surface area (Å²) in [7, 11) is 4.43. The van der Waals surface area contributed by atoms with Crippen LogP contribution < -0.4 is 0 Å². The van der Waals surface area contributed by atoms with Crippen LogP contribution in [0, 0.1) is 0 Å². The van der Waals surface area contributed by atoms with Crippen molar-refractivity contribution in [3.63, 3.8) is 0 Å². The van der Waals surface area contributed by atoms with E-state index in [2.05, 4.69) is 40.9 Å². The Labute approximate surface area is 116 Å². The molecule has 0 aliphatic heterocycles. The average Bonchev–Trinajstić information content (AvgIpc) is 3.06. The Morgan fingerprint density at radius 1 is 1.26 bits per heavy atom. The summed E-state index contributed by atoms with van der Waals surface area (Å²) in [6.07, 6.45) is 7.22. The number of nitrogens with zero attached hydrogens (tertiary/aromatic N) is 5. The molecule has 5 heteroatoms. The second kappa shape index (κ2) is 7.01. The largest absolute Gasteiger partial charge is 0.302 e. The maximum Gasteiger partial charge on any atom is 0.140 e. The fourth-order valence-corrected chi connectivity index (χ4v) is 2.85. The minimum absolute atomic E-state index is 0.813. The van der Waals surface area contributed by atoms with Crippen molar-refractivity contribution in [2.45, 2.75) is 51.7 Å². The highest BCUT2D eigenvalue weighted by Gasteiger charge is 2.19. The summed E-state index contributed by atoms with van der Waals surface area (Å²) >= 11 is 0. The molecule has 1 aromatic rings. The van der Waals surface area contributed by atoms with Gasteiger partial charge in [-0.2, -0.15) is 5.10 Å². The lowest BCUT2D eigenvalue weighted by Crippen LogP contribution is -2.36. The Morgan fingerprint density at radius 2 is 2.00 bits per heavy atom. The number of aryl methyl sites for hydroxylation is 1. The summed E-state index contributed by atoms with van der Waals surface area (Å²) in [5, 5.41) is 4.21. The summed E-state index contributed by atoms with van der Waals surface area (Å²) in [5.74, 6) is 1.06. The minimum Gasteiger partial charge on any atom is -0.302 e. The molecule has 1 aliphatic carbocycles. The fourth-order valence-electron chi connectivity index (χ4n) is 2.85. The van der Waals surface area contributed by atoms with Crippen molar-refractivity contribution in [1.82, 2.24) is 24.6 Å². The molecule has 5 nitrogen and oxygen atoms in total. The number of rotatable bonds is 7. The molecule has 1 aliphatic rings. The van der Waals surface area contributed by atoms with Crippen molar-refractivity contribution in [1.29, 1.82) is 0 Å². The van der Waals surface area contributed by atoms with Gasteiger partial charge >= 0.3 is 0 Å². The molecular formula is C14H27N5. The third-order valence-electron chi connectivity index (χ3n) is 4.19. The van der Waals surface area contributed by atoms with Gasteiger partial charge in [0.2, 0.25) is 0 Å². The molecule has 0 atom stereocenters. The molecule has 1 fully saturated rings. The van der Waals surface area contributed by atoms with Crippen LogP contribution in [0.1, 0.15) is 38.4 Å². The molecule has 0 N–H and O–H groups in total. The van der Waals surface area contributed by atoms with Crippen molar-refractivity contribution in [3.05, 3.63) is 12.2 Å². The van der Waals surface area contributed by atoms with Gasteiger partial charge < -0.3 is 4.90 Å². The molecule has 1 aromatic heterocycles. The van der Waals surface area contributed by atoms with Gasteiger partial charge in [0.15, 0.2) is 0 Å². The summed E-state index contributed by atoms with van der Waals surface area (Å²) in [4.78, 5) is 9.18. The quantitative estimate of drug-likeness (QED) is 0.750. The Hall–Kier alpha value is -0.940. The predicted octanol–water partition coefficient (Wildman–Crippen LogP) is 1.60. The van der Waals surface area contributed by atoms with Crippen molar-refractivity contribution in [3.8, 4) is 0 Å². The Morgan fingerprint density at radius 3 is 2.68 bits per heavy atom. The normalized spacial score (nSPS) is 16.9. The first kappa shape index (κ1) is 14.5. The summed E-state index contributed by atoms with van der Waals surface area (Å²) in [6.45, 7) is 6.11. The maximum absolute atomic E-state index is 4.33. The highest BCUT2D eigenvalue weighted by Crippen LogP contribution is 2.21. The van der Waals surface area contributed by atoms with E-state index in [4.69, 9.17) is 0 Å². The average molecular weight is 265 g/mol. The molecule has 19 heavy (non-hydrogen) atoms. The molecule has 0 radical (unpaired) electrons. The van der Waals surface area contributed by atoms with Crippen molar-refractivity contribution < 1.29 is 0 Å². The Kier molecular flexibility index (Phi) is 5.34. The van der Waals surface area contributed by atoms with Crippen LogP contribution in [0.2, 0.25) is 0 Å². The first-order chi connectivity index (χ1) is 9.20. The highest BCUT2D eigenvalue weighted by molar-refractivity contribution is 4.84. The number of hydrogen-bond donors (Lipinski definition) is 0. The minimum atomic E-state index is 0.813. The smallest absolute Gasteiger partial charge is 0.140 e. The highest BCUT2D eigenvalue weighted by atomic mass is 15.3. The standard InChI is InChI=1S/C14H27N5/c1-4-19-14(15-12-16-19)11-17(2)9-10-18(3)13-7-5-6-8-13/h12-13H,4-11H2,1-3H3. The lowest BCUT2D eigenvalue weighted by Gasteiger charge is -2.26. The SMILES string of the molecule is CCn1ncnc1CN(C)CCN(C)C1CCCC1. The van der Waals surface area contributed by atoms with Gasteiger partial charge in [-0.25, -0.2) is 9.67 Å². The molecular weight excluding hydrogens is 238 g/mol. The fraction of sp³-hybridized carbons (Fsp3) is 0.857. The van der Waals surface area contributed by atoms with E-state index >= 15 is 0 Å². The zero-order valence-electron chi connectivity index (χ0n) is 12.5. The van der Waals surface area contributed by atoms with E-state index in [-0.39, 0.29) is 0 Å². The summed E-state index contributed by atoms with van der Waals surface area (Å²) < 4.78 is 1.97. The molecule has 0 amide bonds. The van der Waals surface area contributed by atoms with Gasteiger partial charge in [0.25, 0.3) is 0 Å². The van der Waals surface area contributed by atoms with Crippen LogP contribution in [0.5, 0.6) is 0 Å². The molecule has 0 unspecified atom stereocenters. The molecule has 1 heterocycles. The second-order valence-corrected chi connectivity index (χ2v) is 5.65. The van der Waals surface area contributed by atoms with E-state index in [1.807, 2.05) is 4.68 Å². The van der Waals surface area contributed by atoms with Crippen LogP contribution in [0.15, 0.2) is 6.33 Å². The van der Waals surface area contributed by atoms with Crippen molar-refractivity contribution >= 4 is 0 Å². The van der Waals surface area contributed by atoms with Crippen LogP contribution in [0.3, 0.4) is 0 Å². The van der Waals surface area contributed by atoms with E-state index < -0.39 is 0 Å². The molecule has 0 aromatic carbocycles. The monoisotopic (exact) mass is 265 g/mol. The molecule has 0 bridgehead atoms. The van der Waals surface area contributed by atoms with E-state index in [1.165, 1.54) is 25.7 Å². The van der Waals surface area contributed by atoms with E-state index in [1.54, 1.807) is 6.33 Å². The van der Waals surface area contributed by atoms with Gasteiger partial charge in [0.1, 0.15) is 12.2 Å². The molecule has 2 rings (SSSR count). The lowest BCUT2D eigenvalue weighted by molar-refractivity contribution is 0.201. The van der Waals surface area contributed by atoms with Gasteiger partial charge in [-0.05, 0) is 33.9 Å². The summed E-state index contributed by atoms with van der Waals surface area (Å²) in [5.41, 5.74) is 0. The van der Waals surface area contributed by atoms with E-state index in [0.29, 0.717) is 0 Å². The van der Waals surface area contributed by atoms with Gasteiger partial charge in [-0.1, -0.05) is 12.8 Å². The van der Waals surface area contributed by atoms with Crippen LogP contribution >= 0.6 is 0 Å². The van der Waals surface area contributed by atoms with E-state index in [9.17, 15) is 0 Å². The number of hydrogen-bond acceptors (Lipinski definition) is 4. The van der Waals surface area contributed by atoms with Gasteiger partial charge in [0.05, 0.1) is 6.54 Å². The van der Waals surface area contributed by atoms with Crippen molar-refractivity contribution in [2.75, 3.05) is 27.2 Å². The third-order valence-corrected chi connectivity index (χ3v) is 4.19. The first-order valence-electron chi connectivity index (χ1n) is 7.46. The van der Waals surface area contributed by atoms with Gasteiger partial charge in [-0.15, -0.1) is 0 Å². The topological polar surface area (TPSA) is 37.2 Å². The zero-order valence-corrected chi connectivity index (χ0v) is 12.5. The molecule has 1 saturated carbocycles. The van der Waals surface area contributed by atoms with Gasteiger partial charge in [-0.3, -0.25) is 4.90 Å². The Balaban J connectivity index is 1.73. The number of likely N-dealkylation sites (N-methyl/N-ethyl adjacent to an activating group) is 2. The molecule has 0 spiro atoms. The number of aromatic nitrogens is 3. The maximum atomic E-state index is 4.33. The van der Waals surface area contributed by atoms with Crippen LogP contribution in [-0.4, -0.2) is 57.8 Å². The van der Waals surface area contributed by atoms with Crippen molar-refractivity contribution in [2.24, 2.45) is 0 Å². The van der Waals surface area contributed by atoms with E-state index in [0.717, 1.165) is 38.0 Å². The lowest BCUT2D eigenvalue weighted by atomic mass is 10.2. The van der Waals surface area contributed by atoms with Gasteiger partial charge in [0, 0.05) is 25.7 Å².